The number of aliphatic hydroxyl groups excluding tert-OH is 5. The van der Waals surface area contributed by atoms with Gasteiger partial charge in [-0.2, -0.15) is 0 Å². The minimum Gasteiger partial charge on any atom is -0.399 e. The number of rotatable bonds is 9. The Bertz CT molecular complexity index is 513. The van der Waals surface area contributed by atoms with Crippen LogP contribution in [0.5, 0.6) is 0 Å². The molecule has 0 spiro atoms. The molecular formula is C14H23N3O6. The molecule has 0 aromatic heterocycles. The summed E-state index contributed by atoms with van der Waals surface area (Å²) in [6.07, 6.45) is -3.27. The molecule has 0 saturated carbocycles. The predicted octanol–water partition coefficient (Wildman–Crippen LogP) is -2.71. The van der Waals surface area contributed by atoms with Crippen molar-refractivity contribution in [3.63, 3.8) is 0 Å². The number of hydrogen-bond donors (Lipinski definition) is 8. The predicted molar refractivity (Wildman–Crippen MR) is 82.3 cm³/mol. The Kier molecular flexibility index (Phi) is 7.89. The minimum atomic E-state index is -1.19. The molecule has 9 nitrogen and oxygen atoms in total. The molecule has 0 saturated heterocycles. The van der Waals surface area contributed by atoms with Crippen molar-refractivity contribution in [1.82, 2.24) is 10.6 Å². The molecule has 0 aliphatic carbocycles. The van der Waals surface area contributed by atoms with Gasteiger partial charge >= 0.3 is 0 Å². The summed E-state index contributed by atoms with van der Waals surface area (Å²) < 4.78 is 0. The molecule has 23 heavy (non-hydrogen) atoms. The Morgan fingerprint density at radius 1 is 1.04 bits per heavy atom. The van der Waals surface area contributed by atoms with Crippen LogP contribution in [0.4, 0.5) is 5.69 Å². The lowest BCUT2D eigenvalue weighted by Crippen LogP contribution is -2.34. The van der Waals surface area contributed by atoms with Gasteiger partial charge in [0.05, 0.1) is 25.4 Å². The van der Waals surface area contributed by atoms with E-state index in [9.17, 15) is 20.1 Å². The van der Waals surface area contributed by atoms with Gasteiger partial charge in [0.2, 0.25) is 0 Å². The van der Waals surface area contributed by atoms with Crippen LogP contribution in [0.2, 0.25) is 0 Å². The van der Waals surface area contributed by atoms with E-state index in [0.29, 0.717) is 5.56 Å². The highest BCUT2D eigenvalue weighted by Crippen LogP contribution is 2.17. The van der Waals surface area contributed by atoms with E-state index < -0.39 is 37.6 Å². The largest absolute Gasteiger partial charge is 0.399 e. The summed E-state index contributed by atoms with van der Waals surface area (Å²) >= 11 is 0. The summed E-state index contributed by atoms with van der Waals surface area (Å²) in [5, 5.41) is 50.9. The highest BCUT2D eigenvalue weighted by molar-refractivity contribution is 5.95. The maximum Gasteiger partial charge on any atom is 0.251 e. The molecule has 0 radical (unpaired) electrons. The lowest BCUT2D eigenvalue weighted by Gasteiger charge is -2.17. The quantitative estimate of drug-likeness (QED) is 0.179. The molecule has 1 aromatic rings. The fourth-order valence-corrected chi connectivity index (χ4v) is 1.77. The van der Waals surface area contributed by atoms with Crippen molar-refractivity contribution in [3.05, 3.63) is 29.3 Å². The fraction of sp³-hybridized carbons (Fsp3) is 0.500. The van der Waals surface area contributed by atoms with Crippen LogP contribution in [0.3, 0.4) is 0 Å². The Morgan fingerprint density at radius 2 is 1.65 bits per heavy atom. The van der Waals surface area contributed by atoms with Crippen LogP contribution in [-0.4, -0.2) is 70.0 Å². The van der Waals surface area contributed by atoms with E-state index in [4.69, 9.17) is 15.9 Å². The van der Waals surface area contributed by atoms with Crippen molar-refractivity contribution >= 4 is 11.6 Å². The van der Waals surface area contributed by atoms with Crippen LogP contribution in [-0.2, 0) is 0 Å². The molecule has 0 heterocycles. The Hall–Kier alpha value is -1.75. The average Bonchev–Trinajstić information content (AvgIpc) is 2.55. The zero-order chi connectivity index (χ0) is 17.4. The zero-order valence-corrected chi connectivity index (χ0v) is 12.5. The Balaban J connectivity index is 2.76. The van der Waals surface area contributed by atoms with Crippen LogP contribution >= 0.6 is 0 Å². The number of anilines is 1. The zero-order valence-electron chi connectivity index (χ0n) is 12.5. The normalized spacial score (nSPS) is 15.0. The second-order valence-electron chi connectivity index (χ2n) is 5.08. The van der Waals surface area contributed by atoms with E-state index in [-0.39, 0.29) is 24.3 Å². The molecule has 9 heteroatoms. The summed E-state index contributed by atoms with van der Waals surface area (Å²) in [6.45, 7) is -1.09. The van der Waals surface area contributed by atoms with Gasteiger partial charge in [0, 0.05) is 24.3 Å². The van der Waals surface area contributed by atoms with E-state index in [0.717, 1.165) is 0 Å². The molecule has 1 rings (SSSR count). The smallest absolute Gasteiger partial charge is 0.251 e. The molecule has 130 valence electrons. The number of nitrogens with one attached hydrogen (secondary N) is 2. The number of hydrogen-bond acceptors (Lipinski definition) is 8. The first-order valence-electron chi connectivity index (χ1n) is 7.05. The molecule has 9 N–H and O–H groups in total. The minimum absolute atomic E-state index is 0.0450. The van der Waals surface area contributed by atoms with Gasteiger partial charge in [0.25, 0.3) is 5.91 Å². The molecule has 0 aliphatic heterocycles. The standard InChI is InChI=1S/C14H23N3O6/c15-10-2-8(13(22)16-4-11(20)6-18)1-9(3-10)14(23)17-5-12(21)7-19/h1-3,11-13,16,18-22H,4-7,15H2,(H,17,23). The van der Waals surface area contributed by atoms with E-state index in [2.05, 4.69) is 10.6 Å². The first-order valence-corrected chi connectivity index (χ1v) is 7.05. The number of amides is 1. The second-order valence-corrected chi connectivity index (χ2v) is 5.08. The third-order valence-electron chi connectivity index (χ3n) is 3.02. The number of benzene rings is 1. The fourth-order valence-electron chi connectivity index (χ4n) is 1.77. The summed E-state index contributed by atoms with van der Waals surface area (Å²) in [5.74, 6) is -0.520. The van der Waals surface area contributed by atoms with Gasteiger partial charge < -0.3 is 36.6 Å². The molecule has 0 aliphatic rings. The third-order valence-corrected chi connectivity index (χ3v) is 3.02. The highest BCUT2D eigenvalue weighted by atomic mass is 16.3. The molecule has 0 bridgehead atoms. The van der Waals surface area contributed by atoms with Gasteiger partial charge in [-0.25, -0.2) is 0 Å². The summed E-state index contributed by atoms with van der Waals surface area (Å²) in [5.41, 5.74) is 6.43. The first kappa shape index (κ1) is 19.3. The van der Waals surface area contributed by atoms with Gasteiger partial charge in [-0.1, -0.05) is 0 Å². The van der Waals surface area contributed by atoms with Gasteiger partial charge in [0.15, 0.2) is 0 Å². The highest BCUT2D eigenvalue weighted by Gasteiger charge is 2.14. The van der Waals surface area contributed by atoms with Crippen molar-refractivity contribution in [2.75, 3.05) is 32.0 Å². The van der Waals surface area contributed by atoms with E-state index >= 15 is 0 Å². The molecule has 0 fully saturated rings. The third kappa shape index (κ3) is 6.48. The van der Waals surface area contributed by atoms with Crippen LogP contribution in [0.1, 0.15) is 22.1 Å². The number of nitrogens with two attached hydrogens (primary N) is 1. The van der Waals surface area contributed by atoms with Gasteiger partial charge in [-0.05, 0) is 23.8 Å². The van der Waals surface area contributed by atoms with Gasteiger partial charge in [-0.15, -0.1) is 0 Å². The summed E-state index contributed by atoms with van der Waals surface area (Å²) in [4.78, 5) is 12.0. The van der Waals surface area contributed by atoms with Crippen molar-refractivity contribution in [2.45, 2.75) is 18.4 Å². The van der Waals surface area contributed by atoms with Gasteiger partial charge in [-0.3, -0.25) is 10.1 Å². The second kappa shape index (κ2) is 9.40. The topological polar surface area (TPSA) is 168 Å². The van der Waals surface area contributed by atoms with E-state index in [1.807, 2.05) is 0 Å². The van der Waals surface area contributed by atoms with Crippen molar-refractivity contribution in [2.24, 2.45) is 0 Å². The average molecular weight is 329 g/mol. The number of carbonyl (C=O) groups is 1. The Morgan fingerprint density at radius 3 is 2.26 bits per heavy atom. The van der Waals surface area contributed by atoms with Gasteiger partial charge in [0.1, 0.15) is 6.23 Å². The molecule has 3 unspecified atom stereocenters. The molecule has 3 atom stereocenters. The van der Waals surface area contributed by atoms with E-state index in [1.165, 1.54) is 18.2 Å². The maximum absolute atomic E-state index is 12.0. The lowest BCUT2D eigenvalue weighted by atomic mass is 10.1. The number of aliphatic hydroxyl groups is 5. The molecule has 1 amide bonds. The van der Waals surface area contributed by atoms with Crippen LogP contribution < -0.4 is 16.4 Å². The monoisotopic (exact) mass is 329 g/mol. The van der Waals surface area contributed by atoms with Crippen molar-refractivity contribution in [1.29, 1.82) is 0 Å². The van der Waals surface area contributed by atoms with Crippen molar-refractivity contribution < 1.29 is 30.3 Å². The molecular weight excluding hydrogens is 306 g/mol. The SMILES string of the molecule is Nc1cc(C(=O)NCC(O)CO)cc(C(O)NCC(O)CO)c1. The van der Waals surface area contributed by atoms with Crippen LogP contribution in [0.15, 0.2) is 18.2 Å². The number of carbonyl (C=O) groups excluding carboxylic acids is 1. The number of nitrogen functional groups attached to an aromatic ring is 1. The summed E-state index contributed by atoms with van der Waals surface area (Å²) in [6, 6.07) is 4.27. The maximum atomic E-state index is 12.0. The van der Waals surface area contributed by atoms with Crippen LogP contribution in [0.25, 0.3) is 0 Å². The Labute approximate surface area is 133 Å². The molecule has 1 aromatic carbocycles. The lowest BCUT2D eigenvalue weighted by molar-refractivity contribution is 0.0668. The van der Waals surface area contributed by atoms with E-state index in [1.54, 1.807) is 0 Å². The summed E-state index contributed by atoms with van der Waals surface area (Å²) in [7, 11) is 0. The van der Waals surface area contributed by atoms with Crippen LogP contribution in [0, 0.1) is 0 Å². The van der Waals surface area contributed by atoms with Crippen molar-refractivity contribution in [3.8, 4) is 0 Å². The first-order chi connectivity index (χ1) is 10.9.